The third-order valence-corrected chi connectivity index (χ3v) is 3.64. The van der Waals surface area contributed by atoms with Crippen LogP contribution in [0.3, 0.4) is 0 Å². The van der Waals surface area contributed by atoms with Crippen LogP contribution in [0.15, 0.2) is 41.1 Å². The minimum Gasteiger partial charge on any atom is -0.337 e. The standard InChI is InChI=1S/C14H18BrN3/c1-10(12-4-6-13(15)7-5-12)17-11(2)14-16-8-9-18(14)3/h4-11,17H,1-3H3/t10-,11?/m0/s1. The topological polar surface area (TPSA) is 29.9 Å². The van der Waals surface area contributed by atoms with Crippen molar-refractivity contribution in [2.45, 2.75) is 25.9 Å². The highest BCUT2D eigenvalue weighted by Crippen LogP contribution is 2.20. The largest absolute Gasteiger partial charge is 0.337 e. The average molecular weight is 308 g/mol. The van der Waals surface area contributed by atoms with E-state index in [-0.39, 0.29) is 6.04 Å². The van der Waals surface area contributed by atoms with Gasteiger partial charge in [-0.3, -0.25) is 0 Å². The Labute approximate surface area is 116 Å². The molecule has 0 aliphatic heterocycles. The van der Waals surface area contributed by atoms with Gasteiger partial charge in [-0.1, -0.05) is 28.1 Å². The summed E-state index contributed by atoms with van der Waals surface area (Å²) in [6.45, 7) is 4.31. The van der Waals surface area contributed by atoms with E-state index in [4.69, 9.17) is 0 Å². The van der Waals surface area contributed by atoms with E-state index >= 15 is 0 Å². The average Bonchev–Trinajstić information content (AvgIpc) is 2.76. The molecule has 1 unspecified atom stereocenters. The van der Waals surface area contributed by atoms with Crippen LogP contribution in [0.25, 0.3) is 0 Å². The van der Waals surface area contributed by atoms with Crippen molar-refractivity contribution in [3.05, 3.63) is 52.5 Å². The molecule has 1 heterocycles. The first kappa shape index (κ1) is 13.3. The molecular weight excluding hydrogens is 290 g/mol. The van der Waals surface area contributed by atoms with Crippen molar-refractivity contribution < 1.29 is 0 Å². The second kappa shape index (κ2) is 5.67. The van der Waals surface area contributed by atoms with Gasteiger partial charge in [-0.25, -0.2) is 4.98 Å². The molecule has 0 aliphatic carbocycles. The van der Waals surface area contributed by atoms with Crippen LogP contribution in [0.4, 0.5) is 0 Å². The van der Waals surface area contributed by atoms with Crippen molar-refractivity contribution in [2.24, 2.45) is 7.05 Å². The minimum absolute atomic E-state index is 0.226. The van der Waals surface area contributed by atoms with Gasteiger partial charge in [-0.05, 0) is 31.5 Å². The molecule has 0 saturated carbocycles. The van der Waals surface area contributed by atoms with Crippen molar-refractivity contribution in [1.82, 2.24) is 14.9 Å². The van der Waals surface area contributed by atoms with Crippen LogP contribution in [-0.2, 0) is 7.05 Å². The molecule has 0 saturated heterocycles. The maximum absolute atomic E-state index is 4.37. The maximum atomic E-state index is 4.37. The Morgan fingerprint density at radius 1 is 1.17 bits per heavy atom. The van der Waals surface area contributed by atoms with Crippen molar-refractivity contribution in [1.29, 1.82) is 0 Å². The molecule has 0 radical (unpaired) electrons. The normalized spacial score (nSPS) is 14.4. The molecule has 1 aromatic carbocycles. The third kappa shape index (κ3) is 3.00. The number of aromatic nitrogens is 2. The molecule has 1 N–H and O–H groups in total. The molecule has 0 fully saturated rings. The Morgan fingerprint density at radius 3 is 2.39 bits per heavy atom. The predicted molar refractivity (Wildman–Crippen MR) is 77.3 cm³/mol. The summed E-state index contributed by atoms with van der Waals surface area (Å²) in [6, 6.07) is 8.92. The number of benzene rings is 1. The Bertz CT molecular complexity index is 504. The van der Waals surface area contributed by atoms with Crippen molar-refractivity contribution in [3.8, 4) is 0 Å². The van der Waals surface area contributed by atoms with E-state index in [2.05, 4.69) is 64.3 Å². The van der Waals surface area contributed by atoms with E-state index in [0.717, 1.165) is 10.3 Å². The highest BCUT2D eigenvalue weighted by Gasteiger charge is 2.14. The van der Waals surface area contributed by atoms with Crippen LogP contribution >= 0.6 is 15.9 Å². The zero-order valence-electron chi connectivity index (χ0n) is 10.9. The summed E-state index contributed by atoms with van der Waals surface area (Å²) in [5.41, 5.74) is 1.28. The van der Waals surface area contributed by atoms with Crippen molar-refractivity contribution in [2.75, 3.05) is 0 Å². The summed E-state index contributed by atoms with van der Waals surface area (Å²) in [7, 11) is 2.02. The first-order chi connectivity index (χ1) is 8.58. The molecule has 2 rings (SSSR count). The summed E-state index contributed by atoms with van der Waals surface area (Å²) in [5.74, 6) is 1.05. The number of nitrogens with one attached hydrogen (secondary N) is 1. The number of imidazole rings is 1. The second-order valence-corrected chi connectivity index (χ2v) is 5.47. The van der Waals surface area contributed by atoms with Gasteiger partial charge in [0.1, 0.15) is 5.82 Å². The van der Waals surface area contributed by atoms with Crippen LogP contribution < -0.4 is 5.32 Å². The lowest BCUT2D eigenvalue weighted by Crippen LogP contribution is -2.24. The van der Waals surface area contributed by atoms with E-state index in [1.807, 2.05) is 24.0 Å². The molecule has 0 spiro atoms. The third-order valence-electron chi connectivity index (χ3n) is 3.12. The monoisotopic (exact) mass is 307 g/mol. The molecule has 96 valence electrons. The van der Waals surface area contributed by atoms with E-state index in [1.54, 1.807) is 0 Å². The van der Waals surface area contributed by atoms with Crippen LogP contribution in [0.2, 0.25) is 0 Å². The van der Waals surface area contributed by atoms with Gasteiger partial charge in [0.2, 0.25) is 0 Å². The van der Waals surface area contributed by atoms with Crippen molar-refractivity contribution >= 4 is 15.9 Å². The molecule has 3 nitrogen and oxygen atoms in total. The Kier molecular flexibility index (Phi) is 4.19. The van der Waals surface area contributed by atoms with E-state index in [1.165, 1.54) is 5.56 Å². The van der Waals surface area contributed by atoms with Crippen LogP contribution in [0.5, 0.6) is 0 Å². The predicted octanol–water partition coefficient (Wildman–Crippen LogP) is 3.59. The van der Waals surface area contributed by atoms with Crippen molar-refractivity contribution in [3.63, 3.8) is 0 Å². The summed E-state index contributed by atoms with van der Waals surface area (Å²) < 4.78 is 3.15. The van der Waals surface area contributed by atoms with Gasteiger partial charge in [-0.15, -0.1) is 0 Å². The Balaban J connectivity index is 2.05. The smallest absolute Gasteiger partial charge is 0.125 e. The van der Waals surface area contributed by atoms with Gasteiger partial charge in [-0.2, -0.15) is 0 Å². The molecule has 0 bridgehead atoms. The number of aryl methyl sites for hydroxylation is 1. The Morgan fingerprint density at radius 2 is 1.83 bits per heavy atom. The fraction of sp³-hybridized carbons (Fsp3) is 0.357. The van der Waals surface area contributed by atoms with Gasteiger partial charge >= 0.3 is 0 Å². The molecule has 1 aromatic heterocycles. The fourth-order valence-corrected chi connectivity index (χ4v) is 2.36. The van der Waals surface area contributed by atoms with Gasteiger partial charge in [0.15, 0.2) is 0 Å². The Hall–Kier alpha value is -1.13. The second-order valence-electron chi connectivity index (χ2n) is 4.56. The van der Waals surface area contributed by atoms with Crippen LogP contribution in [0.1, 0.15) is 37.3 Å². The molecule has 18 heavy (non-hydrogen) atoms. The van der Waals surface area contributed by atoms with Crippen LogP contribution in [0, 0.1) is 0 Å². The highest BCUT2D eigenvalue weighted by atomic mass is 79.9. The molecule has 2 atom stereocenters. The molecule has 0 aliphatic rings. The zero-order chi connectivity index (χ0) is 13.1. The lowest BCUT2D eigenvalue weighted by Gasteiger charge is -2.20. The summed E-state index contributed by atoms with van der Waals surface area (Å²) in [6.07, 6.45) is 3.80. The van der Waals surface area contributed by atoms with Gasteiger partial charge in [0.05, 0.1) is 6.04 Å². The first-order valence-electron chi connectivity index (χ1n) is 6.06. The lowest BCUT2D eigenvalue weighted by molar-refractivity contribution is 0.467. The lowest BCUT2D eigenvalue weighted by atomic mass is 10.1. The quantitative estimate of drug-likeness (QED) is 0.935. The van der Waals surface area contributed by atoms with Crippen LogP contribution in [-0.4, -0.2) is 9.55 Å². The molecule has 2 aromatic rings. The zero-order valence-corrected chi connectivity index (χ0v) is 12.5. The van der Waals surface area contributed by atoms with Gasteiger partial charge < -0.3 is 9.88 Å². The van der Waals surface area contributed by atoms with Gasteiger partial charge in [0.25, 0.3) is 0 Å². The highest BCUT2D eigenvalue weighted by molar-refractivity contribution is 9.10. The molecule has 4 heteroatoms. The molecule has 0 amide bonds. The summed E-state index contributed by atoms with van der Waals surface area (Å²) in [4.78, 5) is 4.37. The fourth-order valence-electron chi connectivity index (χ4n) is 2.09. The number of hydrogen-bond donors (Lipinski definition) is 1. The first-order valence-corrected chi connectivity index (χ1v) is 6.86. The number of nitrogens with zero attached hydrogens (tertiary/aromatic N) is 2. The summed E-state index contributed by atoms with van der Waals surface area (Å²) in [5, 5.41) is 3.56. The van der Waals surface area contributed by atoms with Gasteiger partial charge in [0, 0.05) is 30.0 Å². The van der Waals surface area contributed by atoms with E-state index < -0.39 is 0 Å². The number of halogens is 1. The summed E-state index contributed by atoms with van der Waals surface area (Å²) >= 11 is 3.45. The van der Waals surface area contributed by atoms with E-state index in [0.29, 0.717) is 6.04 Å². The molecular formula is C14H18BrN3. The van der Waals surface area contributed by atoms with E-state index in [9.17, 15) is 0 Å². The maximum Gasteiger partial charge on any atom is 0.125 e. The number of rotatable bonds is 4. The minimum atomic E-state index is 0.226. The SMILES string of the molecule is CC(N[C@@H](C)c1ccc(Br)cc1)c1nccn1C. The number of hydrogen-bond acceptors (Lipinski definition) is 2.